The fourth-order valence-electron chi connectivity index (χ4n) is 4.65. The van der Waals surface area contributed by atoms with Crippen molar-refractivity contribution in [2.24, 2.45) is 0 Å². The van der Waals surface area contributed by atoms with E-state index in [1.807, 2.05) is 30.3 Å². The Morgan fingerprint density at radius 3 is 2.12 bits per heavy atom. The molecule has 1 heterocycles. The Morgan fingerprint density at radius 1 is 0.840 bits per heavy atom. The Balaban J connectivity index is 1.38. The molecule has 9 nitrogen and oxygen atoms in total. The van der Waals surface area contributed by atoms with Gasteiger partial charge in [-0.15, -0.1) is 0 Å². The number of rotatable bonds is 10. The smallest absolute Gasteiger partial charge is 0.453 e. The van der Waals surface area contributed by atoms with Gasteiger partial charge in [-0.2, -0.15) is 13.2 Å². The first-order valence-electron chi connectivity index (χ1n) is 15.2. The van der Waals surface area contributed by atoms with Gasteiger partial charge in [0, 0.05) is 17.5 Å². The average Bonchev–Trinajstić information content (AvgIpc) is 3.05. The van der Waals surface area contributed by atoms with Crippen LogP contribution in [0, 0.1) is 0 Å². The van der Waals surface area contributed by atoms with Crippen molar-refractivity contribution >= 4 is 34.6 Å². The number of hydrogen-bond acceptors (Lipinski definition) is 8. The molecule has 0 bridgehead atoms. The minimum Gasteiger partial charge on any atom is -0.489 e. The largest absolute Gasteiger partial charge is 0.489 e. The molecular formula is C37H31ClF3NO8. The summed E-state index contributed by atoms with van der Waals surface area (Å²) in [4.78, 5) is 39.3. The number of carbonyl (C=O) groups excluding carboxylic acids is 2. The lowest BCUT2D eigenvalue weighted by atomic mass is 10.1. The maximum absolute atomic E-state index is 14.1. The third kappa shape index (κ3) is 9.56. The van der Waals surface area contributed by atoms with E-state index in [9.17, 15) is 27.6 Å². The molecule has 1 aromatic heterocycles. The van der Waals surface area contributed by atoms with Gasteiger partial charge in [0.2, 0.25) is 11.2 Å². The zero-order chi connectivity index (χ0) is 36.1. The van der Waals surface area contributed by atoms with Crippen molar-refractivity contribution in [2.45, 2.75) is 51.6 Å². The predicted molar refractivity (Wildman–Crippen MR) is 179 cm³/mol. The van der Waals surface area contributed by atoms with Gasteiger partial charge in [-0.1, -0.05) is 54.1 Å². The number of halogens is 4. The van der Waals surface area contributed by atoms with Crippen LogP contribution in [0.3, 0.4) is 0 Å². The normalized spacial score (nSPS) is 12.2. The summed E-state index contributed by atoms with van der Waals surface area (Å²) in [6.45, 7) is 5.30. The average molecular weight is 710 g/mol. The third-order valence-corrected chi connectivity index (χ3v) is 7.17. The Hall–Kier alpha value is -5.49. The van der Waals surface area contributed by atoms with Gasteiger partial charge in [-0.3, -0.25) is 4.79 Å². The molecule has 5 rings (SSSR count). The molecule has 260 valence electrons. The van der Waals surface area contributed by atoms with Crippen LogP contribution < -0.4 is 25.0 Å². The zero-order valence-corrected chi connectivity index (χ0v) is 27.8. The van der Waals surface area contributed by atoms with Gasteiger partial charge in [-0.25, -0.2) is 9.59 Å². The number of esters is 1. The molecule has 0 aliphatic carbocycles. The van der Waals surface area contributed by atoms with Crippen molar-refractivity contribution in [1.29, 1.82) is 0 Å². The highest BCUT2D eigenvalue weighted by Gasteiger charge is 2.40. The SMILES string of the molecule is CC(C)(C)OC(=O)NC(Cc1ccc(OCc2ccccc2)cc1)C(=O)Oc1ccc2c(=O)c(Oc3ccc(Cl)cc3)c(C(F)(F)F)oc2c1. The number of amides is 1. The summed E-state index contributed by atoms with van der Waals surface area (Å²) in [5, 5.41) is 2.55. The van der Waals surface area contributed by atoms with Gasteiger partial charge in [0.25, 0.3) is 5.76 Å². The van der Waals surface area contributed by atoms with Crippen LogP contribution in [0.1, 0.15) is 37.7 Å². The first-order chi connectivity index (χ1) is 23.6. The van der Waals surface area contributed by atoms with E-state index in [1.54, 1.807) is 45.0 Å². The van der Waals surface area contributed by atoms with Crippen LogP contribution in [0.25, 0.3) is 11.0 Å². The molecule has 4 aromatic carbocycles. The van der Waals surface area contributed by atoms with Crippen LogP contribution in [0.4, 0.5) is 18.0 Å². The summed E-state index contributed by atoms with van der Waals surface area (Å²) in [5.41, 5.74) is -0.887. The Morgan fingerprint density at radius 2 is 1.48 bits per heavy atom. The Kier molecular flexibility index (Phi) is 10.7. The summed E-state index contributed by atoms with van der Waals surface area (Å²) in [5.74, 6) is -3.46. The molecule has 0 radical (unpaired) electrons. The van der Waals surface area contributed by atoms with E-state index in [0.717, 1.165) is 17.7 Å². The van der Waals surface area contributed by atoms with E-state index >= 15 is 0 Å². The topological polar surface area (TPSA) is 113 Å². The van der Waals surface area contributed by atoms with E-state index < -0.39 is 52.4 Å². The second-order valence-corrected chi connectivity index (χ2v) is 12.5. The lowest BCUT2D eigenvalue weighted by molar-refractivity contribution is -0.154. The minimum absolute atomic E-state index is 0.0384. The van der Waals surface area contributed by atoms with Crippen molar-refractivity contribution in [2.75, 3.05) is 0 Å². The summed E-state index contributed by atoms with van der Waals surface area (Å²) in [6.07, 6.45) is -6.05. The highest BCUT2D eigenvalue weighted by Crippen LogP contribution is 2.39. The van der Waals surface area contributed by atoms with Crippen molar-refractivity contribution in [3.8, 4) is 23.0 Å². The maximum atomic E-state index is 14.1. The van der Waals surface area contributed by atoms with Crippen molar-refractivity contribution in [3.05, 3.63) is 129 Å². The quantitative estimate of drug-likeness (QED) is 0.113. The van der Waals surface area contributed by atoms with Crippen LogP contribution >= 0.6 is 11.6 Å². The molecule has 0 saturated carbocycles. The number of alkyl halides is 3. The number of hydrogen-bond donors (Lipinski definition) is 1. The zero-order valence-electron chi connectivity index (χ0n) is 27.0. The van der Waals surface area contributed by atoms with Crippen LogP contribution in [-0.2, 0) is 28.7 Å². The highest BCUT2D eigenvalue weighted by atomic mass is 35.5. The third-order valence-electron chi connectivity index (χ3n) is 6.92. The Labute approximate surface area is 289 Å². The first-order valence-corrected chi connectivity index (χ1v) is 15.6. The molecule has 1 unspecified atom stereocenters. The summed E-state index contributed by atoms with van der Waals surface area (Å²) >= 11 is 5.84. The maximum Gasteiger partial charge on any atom is 0.453 e. The molecule has 0 saturated heterocycles. The van der Waals surface area contributed by atoms with Gasteiger partial charge >= 0.3 is 18.2 Å². The number of benzene rings is 4. The Bertz CT molecular complexity index is 2020. The van der Waals surface area contributed by atoms with E-state index in [0.29, 0.717) is 22.9 Å². The molecule has 13 heteroatoms. The second-order valence-electron chi connectivity index (χ2n) is 12.0. The molecule has 1 amide bonds. The van der Waals surface area contributed by atoms with E-state index in [2.05, 4.69) is 5.32 Å². The second kappa shape index (κ2) is 15.0. The molecule has 1 N–H and O–H groups in total. The fourth-order valence-corrected chi connectivity index (χ4v) is 4.77. The molecule has 5 aromatic rings. The lowest BCUT2D eigenvalue weighted by Crippen LogP contribution is -2.46. The molecule has 0 aliphatic heterocycles. The number of ether oxygens (including phenoxy) is 4. The van der Waals surface area contributed by atoms with Crippen LogP contribution in [0.5, 0.6) is 23.0 Å². The van der Waals surface area contributed by atoms with Gasteiger partial charge in [-0.05, 0) is 80.4 Å². The highest BCUT2D eigenvalue weighted by molar-refractivity contribution is 6.30. The van der Waals surface area contributed by atoms with Gasteiger partial charge in [0.1, 0.15) is 41.1 Å². The van der Waals surface area contributed by atoms with Crippen LogP contribution in [-0.4, -0.2) is 23.7 Å². The molecule has 1 atom stereocenters. The number of nitrogens with one attached hydrogen (secondary N) is 1. The van der Waals surface area contributed by atoms with Gasteiger partial charge in [0.15, 0.2) is 0 Å². The monoisotopic (exact) mass is 709 g/mol. The lowest BCUT2D eigenvalue weighted by Gasteiger charge is -2.23. The van der Waals surface area contributed by atoms with Crippen molar-refractivity contribution in [3.63, 3.8) is 0 Å². The minimum atomic E-state index is -5.12. The van der Waals surface area contributed by atoms with Crippen molar-refractivity contribution in [1.82, 2.24) is 5.32 Å². The molecule has 50 heavy (non-hydrogen) atoms. The first kappa shape index (κ1) is 35.8. The van der Waals surface area contributed by atoms with Gasteiger partial charge < -0.3 is 28.7 Å². The summed E-state index contributed by atoms with van der Waals surface area (Å²) < 4.78 is 69.2. The molecular weight excluding hydrogens is 679 g/mol. The van der Waals surface area contributed by atoms with Crippen LogP contribution in [0.2, 0.25) is 5.02 Å². The summed E-state index contributed by atoms with van der Waals surface area (Å²) in [7, 11) is 0. The van der Waals surface area contributed by atoms with E-state index in [1.165, 1.54) is 30.3 Å². The number of alkyl carbamates (subject to hydrolysis) is 1. The standard InChI is InChI=1S/C37H31ClF3NO8/c1-36(2,3)50-35(45)42-29(19-22-9-13-25(14-10-22)46-21-23-7-5-4-6-8-23)34(44)48-27-17-18-28-30(20-27)49-33(37(39,40)41)32(31(28)43)47-26-15-11-24(38)12-16-26/h4-18,20,29H,19,21H2,1-3H3,(H,42,45). The molecule has 0 aliphatic rings. The van der Waals surface area contributed by atoms with Crippen LogP contribution in [0.15, 0.2) is 106 Å². The van der Waals surface area contributed by atoms with E-state index in [4.69, 9.17) is 35.0 Å². The predicted octanol–water partition coefficient (Wildman–Crippen LogP) is 8.88. The van der Waals surface area contributed by atoms with E-state index in [-0.39, 0.29) is 23.3 Å². The summed E-state index contributed by atoms with van der Waals surface area (Å²) in [6, 6.07) is 23.8. The number of fused-ring (bicyclic) bond motifs is 1. The fraction of sp³-hybridized carbons (Fsp3) is 0.216. The number of carbonyl (C=O) groups is 2. The van der Waals surface area contributed by atoms with Crippen molar-refractivity contribution < 1.29 is 46.1 Å². The van der Waals surface area contributed by atoms with Gasteiger partial charge in [0.05, 0.1) is 5.39 Å². The molecule has 0 fully saturated rings. The molecule has 0 spiro atoms.